The number of aliphatic hydroxyl groups excluding tert-OH is 1. The first kappa shape index (κ1) is 14.5. The van der Waals surface area contributed by atoms with E-state index in [1.807, 2.05) is 0 Å². The highest BCUT2D eigenvalue weighted by atomic mass is 16.3. The highest BCUT2D eigenvalue weighted by Crippen LogP contribution is 2.24. The van der Waals surface area contributed by atoms with Crippen LogP contribution in [0.1, 0.15) is 57.8 Å². The minimum Gasteiger partial charge on any atom is -0.391 e. The van der Waals surface area contributed by atoms with Gasteiger partial charge in [0.15, 0.2) is 0 Å². The van der Waals surface area contributed by atoms with Gasteiger partial charge in [0.25, 0.3) is 0 Å². The van der Waals surface area contributed by atoms with Crippen molar-refractivity contribution in [1.82, 2.24) is 15.1 Å². The summed E-state index contributed by atoms with van der Waals surface area (Å²) in [6.07, 6.45) is 4.23. The van der Waals surface area contributed by atoms with E-state index in [4.69, 9.17) is 0 Å². The smallest absolute Gasteiger partial charge is 0.0695 e. The Morgan fingerprint density at radius 2 is 2.05 bits per heavy atom. The van der Waals surface area contributed by atoms with Crippen molar-refractivity contribution < 1.29 is 5.11 Å². The summed E-state index contributed by atoms with van der Waals surface area (Å²) in [7, 11) is 2.09. The Morgan fingerprint density at radius 3 is 2.63 bits per heavy atom. The minimum absolute atomic E-state index is 0.0810. The summed E-state index contributed by atoms with van der Waals surface area (Å²) in [6.45, 7) is 7.33. The third-order valence-electron chi connectivity index (χ3n) is 4.08. The van der Waals surface area contributed by atoms with Crippen molar-refractivity contribution in [3.05, 3.63) is 17.5 Å². The maximum Gasteiger partial charge on any atom is 0.0695 e. The van der Waals surface area contributed by atoms with E-state index < -0.39 is 0 Å². The van der Waals surface area contributed by atoms with Crippen molar-refractivity contribution in [2.75, 3.05) is 7.05 Å². The van der Waals surface area contributed by atoms with Gasteiger partial charge in [-0.25, -0.2) is 0 Å². The number of aromatic amines is 1. The molecule has 2 N–H and O–H groups in total. The van der Waals surface area contributed by atoms with Crippen LogP contribution in [-0.2, 0) is 12.0 Å². The van der Waals surface area contributed by atoms with Crippen LogP contribution in [0.3, 0.4) is 0 Å². The van der Waals surface area contributed by atoms with Gasteiger partial charge in [0, 0.05) is 23.7 Å². The lowest BCUT2D eigenvalue weighted by atomic mass is 9.91. The summed E-state index contributed by atoms with van der Waals surface area (Å²) in [5, 5.41) is 17.6. The predicted octanol–water partition coefficient (Wildman–Crippen LogP) is 2.44. The normalized spacial score (nSPS) is 24.9. The fourth-order valence-electron chi connectivity index (χ4n) is 2.82. The number of rotatable bonds is 3. The molecule has 108 valence electrons. The SMILES string of the molecule is CN(Cc1cc(C(C)(C)C)n[nH]1)[C@@H]1CCCC[C@@H]1O. The Kier molecular flexibility index (Phi) is 4.31. The molecule has 4 heteroatoms. The number of nitrogens with one attached hydrogen (secondary N) is 1. The van der Waals surface area contributed by atoms with E-state index in [1.165, 1.54) is 6.42 Å². The summed E-state index contributed by atoms with van der Waals surface area (Å²) in [5.74, 6) is 0. The quantitative estimate of drug-likeness (QED) is 0.882. The van der Waals surface area contributed by atoms with Gasteiger partial charge >= 0.3 is 0 Å². The molecule has 1 heterocycles. The van der Waals surface area contributed by atoms with Crippen LogP contribution in [0, 0.1) is 0 Å². The average Bonchev–Trinajstić information content (AvgIpc) is 2.77. The third kappa shape index (κ3) is 3.57. The molecule has 0 spiro atoms. The molecule has 1 aliphatic carbocycles. The van der Waals surface area contributed by atoms with Gasteiger partial charge in [-0.1, -0.05) is 33.6 Å². The van der Waals surface area contributed by atoms with Gasteiger partial charge in [-0.15, -0.1) is 0 Å². The van der Waals surface area contributed by atoms with Crippen LogP contribution in [0.4, 0.5) is 0 Å². The van der Waals surface area contributed by atoms with Gasteiger partial charge in [0.2, 0.25) is 0 Å². The predicted molar refractivity (Wildman–Crippen MR) is 77.0 cm³/mol. The van der Waals surface area contributed by atoms with E-state index in [0.29, 0.717) is 0 Å². The molecule has 0 aromatic carbocycles. The zero-order valence-electron chi connectivity index (χ0n) is 12.6. The van der Waals surface area contributed by atoms with Gasteiger partial charge in [-0.05, 0) is 26.0 Å². The standard InChI is InChI=1S/C15H27N3O/c1-15(2,3)14-9-11(16-17-14)10-18(4)12-7-5-6-8-13(12)19/h9,12-13,19H,5-8,10H2,1-4H3,(H,16,17)/t12-,13+/m1/s1. The molecule has 0 amide bonds. The van der Waals surface area contributed by atoms with Crippen molar-refractivity contribution in [1.29, 1.82) is 0 Å². The highest BCUT2D eigenvalue weighted by molar-refractivity contribution is 5.16. The monoisotopic (exact) mass is 265 g/mol. The third-order valence-corrected chi connectivity index (χ3v) is 4.08. The topological polar surface area (TPSA) is 52.2 Å². The second kappa shape index (κ2) is 5.63. The van der Waals surface area contributed by atoms with Crippen LogP contribution >= 0.6 is 0 Å². The molecule has 1 aromatic rings. The number of aliphatic hydroxyl groups is 1. The lowest BCUT2D eigenvalue weighted by Gasteiger charge is -2.34. The number of nitrogens with zero attached hydrogens (tertiary/aromatic N) is 2. The second-order valence-corrected chi connectivity index (χ2v) is 6.86. The molecule has 0 radical (unpaired) electrons. The van der Waals surface area contributed by atoms with Gasteiger partial charge in [-0.3, -0.25) is 10.00 Å². The van der Waals surface area contributed by atoms with Gasteiger partial charge in [0.05, 0.1) is 11.8 Å². The van der Waals surface area contributed by atoms with Crippen LogP contribution in [0.5, 0.6) is 0 Å². The molecule has 19 heavy (non-hydrogen) atoms. The summed E-state index contributed by atoms with van der Waals surface area (Å²) in [4.78, 5) is 2.25. The van der Waals surface area contributed by atoms with Crippen molar-refractivity contribution in [3.63, 3.8) is 0 Å². The number of H-pyrrole nitrogens is 1. The van der Waals surface area contributed by atoms with E-state index >= 15 is 0 Å². The Morgan fingerprint density at radius 1 is 1.37 bits per heavy atom. The Labute approximate surface area is 116 Å². The van der Waals surface area contributed by atoms with Gasteiger partial charge in [-0.2, -0.15) is 5.10 Å². The van der Waals surface area contributed by atoms with E-state index in [-0.39, 0.29) is 17.6 Å². The molecule has 4 nitrogen and oxygen atoms in total. The second-order valence-electron chi connectivity index (χ2n) is 6.86. The molecular weight excluding hydrogens is 238 g/mol. The Bertz CT molecular complexity index is 408. The summed E-state index contributed by atoms with van der Waals surface area (Å²) in [6, 6.07) is 2.43. The molecular formula is C15H27N3O. The molecule has 1 aromatic heterocycles. The lowest BCUT2D eigenvalue weighted by Crippen LogP contribution is -2.42. The Hall–Kier alpha value is -0.870. The molecule has 2 rings (SSSR count). The maximum absolute atomic E-state index is 10.1. The first-order valence-corrected chi connectivity index (χ1v) is 7.31. The molecule has 1 saturated carbocycles. The fourth-order valence-corrected chi connectivity index (χ4v) is 2.82. The number of hydrogen-bond donors (Lipinski definition) is 2. The van der Waals surface area contributed by atoms with Crippen LogP contribution in [0.25, 0.3) is 0 Å². The zero-order chi connectivity index (χ0) is 14.0. The van der Waals surface area contributed by atoms with Crippen LogP contribution in [-0.4, -0.2) is 39.4 Å². The first-order valence-electron chi connectivity index (χ1n) is 7.31. The van der Waals surface area contributed by atoms with E-state index in [1.54, 1.807) is 0 Å². The number of aromatic nitrogens is 2. The van der Waals surface area contributed by atoms with E-state index in [9.17, 15) is 5.11 Å². The largest absolute Gasteiger partial charge is 0.391 e. The first-order chi connectivity index (χ1) is 8.88. The average molecular weight is 265 g/mol. The van der Waals surface area contributed by atoms with Crippen LogP contribution < -0.4 is 0 Å². The van der Waals surface area contributed by atoms with E-state index in [0.717, 1.165) is 37.2 Å². The number of likely N-dealkylation sites (N-methyl/N-ethyl adjacent to an activating group) is 1. The van der Waals surface area contributed by atoms with Crippen LogP contribution in [0.2, 0.25) is 0 Å². The molecule has 0 saturated heterocycles. The minimum atomic E-state index is -0.177. The summed E-state index contributed by atoms with van der Waals surface area (Å²) < 4.78 is 0. The van der Waals surface area contributed by atoms with Gasteiger partial charge in [0.1, 0.15) is 0 Å². The molecule has 2 atom stereocenters. The highest BCUT2D eigenvalue weighted by Gasteiger charge is 2.27. The van der Waals surface area contributed by atoms with Crippen molar-refractivity contribution in [2.45, 2.75) is 70.6 Å². The van der Waals surface area contributed by atoms with E-state index in [2.05, 4.69) is 49.0 Å². The fraction of sp³-hybridized carbons (Fsp3) is 0.800. The Balaban J connectivity index is 1.98. The van der Waals surface area contributed by atoms with Crippen molar-refractivity contribution in [3.8, 4) is 0 Å². The van der Waals surface area contributed by atoms with Crippen molar-refractivity contribution >= 4 is 0 Å². The molecule has 1 fully saturated rings. The molecule has 0 bridgehead atoms. The molecule has 0 unspecified atom stereocenters. The summed E-state index contributed by atoms with van der Waals surface area (Å²) in [5.41, 5.74) is 2.31. The molecule has 0 aliphatic heterocycles. The number of hydrogen-bond acceptors (Lipinski definition) is 3. The van der Waals surface area contributed by atoms with Crippen LogP contribution in [0.15, 0.2) is 6.07 Å². The lowest BCUT2D eigenvalue weighted by molar-refractivity contribution is 0.0283. The maximum atomic E-state index is 10.1. The van der Waals surface area contributed by atoms with Crippen molar-refractivity contribution in [2.24, 2.45) is 0 Å². The molecule has 1 aliphatic rings. The zero-order valence-corrected chi connectivity index (χ0v) is 12.6. The summed E-state index contributed by atoms with van der Waals surface area (Å²) >= 11 is 0. The van der Waals surface area contributed by atoms with Gasteiger partial charge < -0.3 is 5.11 Å².